The Morgan fingerprint density at radius 3 is 2.53 bits per heavy atom. The minimum absolute atomic E-state index is 0.00374. The fourth-order valence-corrected chi connectivity index (χ4v) is 4.24. The fraction of sp³-hybridized carbons (Fsp3) is 0.400. The number of thiazole rings is 1. The molecule has 3 rings (SSSR count). The van der Waals surface area contributed by atoms with Gasteiger partial charge < -0.3 is 30.3 Å². The maximum Gasteiger partial charge on any atom is 0.353 e. The molecule has 0 radical (unpaired) electrons. The van der Waals surface area contributed by atoms with E-state index in [0.29, 0.717) is 5.56 Å². The highest BCUT2D eigenvalue weighted by Crippen LogP contribution is 2.20. The number of ether oxygens (including phenoxy) is 2. The van der Waals surface area contributed by atoms with Crippen LogP contribution in [0, 0.1) is 10.1 Å². The number of nitrogens with zero attached hydrogens (tertiary/aromatic N) is 3. The van der Waals surface area contributed by atoms with Gasteiger partial charge in [0.05, 0.1) is 18.1 Å². The van der Waals surface area contributed by atoms with Gasteiger partial charge in [-0.3, -0.25) is 29.3 Å². The lowest BCUT2D eigenvalue weighted by atomic mass is 9.94. The molecule has 18 heteroatoms. The number of halogens is 1. The number of nitrogens with one attached hydrogen (secondary N) is 3. The SMILES string of the molecule is COC(=O)CC[C@H]1NC(=O)[C@H]1NC(=O)C(=NOC(C)(C)C(=O)OCc1ccc([N+](=O)[O-])cc1)c1csc(NC(=O)CCl)n1. The third kappa shape index (κ3) is 8.92. The smallest absolute Gasteiger partial charge is 0.353 e. The highest BCUT2D eigenvalue weighted by molar-refractivity contribution is 7.14. The number of anilines is 1. The zero-order valence-corrected chi connectivity index (χ0v) is 24.7. The number of hydrogen-bond donors (Lipinski definition) is 3. The minimum atomic E-state index is -1.73. The van der Waals surface area contributed by atoms with Crippen LogP contribution in [0.1, 0.15) is 37.9 Å². The number of nitro benzene ring substituents is 1. The Morgan fingerprint density at radius 2 is 1.93 bits per heavy atom. The molecule has 1 aromatic heterocycles. The average Bonchev–Trinajstić information content (AvgIpc) is 3.44. The molecule has 3 amide bonds. The van der Waals surface area contributed by atoms with Gasteiger partial charge in [0.2, 0.25) is 17.4 Å². The summed E-state index contributed by atoms with van der Waals surface area (Å²) in [6, 6.07) is 3.82. The Balaban J connectivity index is 1.76. The molecular formula is C25H27ClN6O10S. The van der Waals surface area contributed by atoms with E-state index in [9.17, 15) is 34.1 Å². The maximum atomic E-state index is 13.3. The van der Waals surface area contributed by atoms with Crippen molar-refractivity contribution >= 4 is 69.1 Å². The van der Waals surface area contributed by atoms with Gasteiger partial charge in [-0.05, 0) is 38.0 Å². The largest absolute Gasteiger partial charge is 0.469 e. The van der Waals surface area contributed by atoms with Crippen LogP contribution in [-0.2, 0) is 44.9 Å². The second-order valence-electron chi connectivity index (χ2n) is 9.44. The van der Waals surface area contributed by atoms with Crippen molar-refractivity contribution in [1.29, 1.82) is 0 Å². The molecule has 16 nitrogen and oxygen atoms in total. The predicted octanol–water partition coefficient (Wildman–Crippen LogP) is 1.41. The van der Waals surface area contributed by atoms with Crippen molar-refractivity contribution in [2.24, 2.45) is 5.16 Å². The van der Waals surface area contributed by atoms with Gasteiger partial charge in [0.1, 0.15) is 24.2 Å². The molecule has 1 fully saturated rings. The molecule has 230 valence electrons. The summed E-state index contributed by atoms with van der Waals surface area (Å²) in [5.74, 6) is -3.62. The van der Waals surface area contributed by atoms with Gasteiger partial charge in [-0.25, -0.2) is 9.78 Å². The average molecular weight is 639 g/mol. The minimum Gasteiger partial charge on any atom is -0.469 e. The summed E-state index contributed by atoms with van der Waals surface area (Å²) < 4.78 is 9.86. The summed E-state index contributed by atoms with van der Waals surface area (Å²) in [6.45, 7) is 2.44. The number of amides is 3. The molecule has 0 saturated carbocycles. The summed E-state index contributed by atoms with van der Waals surface area (Å²) in [5.41, 5.74) is -1.85. The van der Waals surface area contributed by atoms with Gasteiger partial charge >= 0.3 is 11.9 Å². The topological polar surface area (TPSA) is 218 Å². The molecule has 1 aromatic carbocycles. The first-order valence-electron chi connectivity index (χ1n) is 12.5. The molecule has 0 bridgehead atoms. The van der Waals surface area contributed by atoms with Gasteiger partial charge in [-0.2, -0.15) is 0 Å². The van der Waals surface area contributed by atoms with E-state index in [1.54, 1.807) is 0 Å². The number of β-lactam (4-membered cyclic amide) rings is 1. The lowest BCUT2D eigenvalue weighted by Gasteiger charge is -2.37. The van der Waals surface area contributed by atoms with Gasteiger partial charge in [0.15, 0.2) is 10.8 Å². The van der Waals surface area contributed by atoms with E-state index < -0.39 is 58.0 Å². The zero-order chi connectivity index (χ0) is 31.7. The molecule has 0 spiro atoms. The number of carbonyl (C=O) groups excluding carboxylic acids is 5. The quantitative estimate of drug-likeness (QED) is 0.0671. The summed E-state index contributed by atoms with van der Waals surface area (Å²) in [6.07, 6.45) is 0.203. The molecule has 0 unspecified atom stereocenters. The van der Waals surface area contributed by atoms with E-state index in [2.05, 4.69) is 30.8 Å². The molecule has 2 atom stereocenters. The van der Waals surface area contributed by atoms with E-state index in [-0.39, 0.29) is 41.8 Å². The van der Waals surface area contributed by atoms with Crippen LogP contribution in [-0.4, -0.2) is 76.0 Å². The van der Waals surface area contributed by atoms with Crippen molar-refractivity contribution in [2.45, 2.75) is 51.0 Å². The number of aromatic nitrogens is 1. The Morgan fingerprint density at radius 1 is 1.23 bits per heavy atom. The van der Waals surface area contributed by atoms with Gasteiger partial charge in [-0.15, -0.1) is 22.9 Å². The highest BCUT2D eigenvalue weighted by atomic mass is 35.5. The van der Waals surface area contributed by atoms with Gasteiger partial charge in [0.25, 0.3) is 11.6 Å². The first kappa shape index (κ1) is 32.9. The number of carbonyl (C=O) groups is 5. The normalized spacial score (nSPS) is 16.3. The van der Waals surface area contributed by atoms with Gasteiger partial charge in [0, 0.05) is 23.9 Å². The summed E-state index contributed by atoms with van der Waals surface area (Å²) in [7, 11) is 1.23. The number of hydrogen-bond acceptors (Lipinski definition) is 13. The van der Waals surface area contributed by atoms with Crippen molar-refractivity contribution < 1.29 is 43.2 Å². The summed E-state index contributed by atoms with van der Waals surface area (Å²) >= 11 is 6.47. The van der Waals surface area contributed by atoms with Crippen molar-refractivity contribution in [1.82, 2.24) is 15.6 Å². The number of methoxy groups -OCH3 is 1. The zero-order valence-electron chi connectivity index (χ0n) is 23.1. The lowest BCUT2D eigenvalue weighted by Crippen LogP contribution is -2.69. The van der Waals surface area contributed by atoms with E-state index >= 15 is 0 Å². The number of nitro groups is 1. The molecule has 1 saturated heterocycles. The predicted molar refractivity (Wildman–Crippen MR) is 151 cm³/mol. The van der Waals surface area contributed by atoms with E-state index in [1.807, 2.05) is 0 Å². The first-order valence-corrected chi connectivity index (χ1v) is 13.9. The molecule has 2 aromatic rings. The van der Waals surface area contributed by atoms with Crippen LogP contribution in [0.3, 0.4) is 0 Å². The Bertz CT molecular complexity index is 1430. The lowest BCUT2D eigenvalue weighted by molar-refractivity contribution is -0.384. The van der Waals surface area contributed by atoms with Crippen LogP contribution in [0.2, 0.25) is 0 Å². The maximum absolute atomic E-state index is 13.3. The molecule has 1 aliphatic heterocycles. The number of alkyl halides is 1. The van der Waals surface area contributed by atoms with Crippen molar-refractivity contribution in [3.8, 4) is 0 Å². The van der Waals surface area contributed by atoms with Crippen LogP contribution in [0.25, 0.3) is 0 Å². The first-order chi connectivity index (χ1) is 20.3. The standard InChI is InChI=1S/C25H27ClN6O10S/c1-25(2,23(37)41-11-13-4-6-14(7-5-13)32(38)39)42-31-20(16-12-43-24(28-16)29-17(33)10-26)22(36)30-19-15(27-21(19)35)8-9-18(34)40-3/h4-7,12,15,19H,8-11H2,1-3H3,(H,27,35)(H,30,36)(H,28,29,33)/t15-,19+/m1/s1. The van der Waals surface area contributed by atoms with Crippen LogP contribution in [0.4, 0.5) is 10.8 Å². The third-order valence-electron chi connectivity index (χ3n) is 5.89. The number of rotatable bonds is 14. The Kier molecular flexibility index (Phi) is 11.1. The Labute approximate surface area is 253 Å². The monoisotopic (exact) mass is 638 g/mol. The van der Waals surface area contributed by atoms with E-state index in [0.717, 1.165) is 11.3 Å². The molecule has 3 N–H and O–H groups in total. The highest BCUT2D eigenvalue weighted by Gasteiger charge is 2.41. The molecule has 0 aliphatic carbocycles. The van der Waals surface area contributed by atoms with Crippen molar-refractivity contribution in [2.75, 3.05) is 18.3 Å². The van der Waals surface area contributed by atoms with Gasteiger partial charge in [-0.1, -0.05) is 5.16 Å². The summed E-state index contributed by atoms with van der Waals surface area (Å²) in [4.78, 5) is 81.2. The second kappa shape index (κ2) is 14.5. The van der Waals surface area contributed by atoms with Crippen molar-refractivity contribution in [3.05, 3.63) is 51.0 Å². The number of benzene rings is 1. The van der Waals surface area contributed by atoms with E-state index in [1.165, 1.54) is 50.6 Å². The third-order valence-corrected chi connectivity index (χ3v) is 6.89. The summed E-state index contributed by atoms with van der Waals surface area (Å²) in [5, 5.41) is 23.7. The van der Waals surface area contributed by atoms with Crippen LogP contribution < -0.4 is 16.0 Å². The van der Waals surface area contributed by atoms with E-state index in [4.69, 9.17) is 21.2 Å². The number of non-ortho nitro benzene ring substituents is 1. The Hall–Kier alpha value is -4.64. The second-order valence-corrected chi connectivity index (χ2v) is 10.6. The van der Waals surface area contributed by atoms with Crippen LogP contribution >= 0.6 is 22.9 Å². The van der Waals surface area contributed by atoms with Crippen LogP contribution in [0.5, 0.6) is 0 Å². The number of esters is 2. The van der Waals surface area contributed by atoms with Crippen LogP contribution in [0.15, 0.2) is 34.8 Å². The number of oxime groups is 1. The fourth-order valence-electron chi connectivity index (χ4n) is 3.46. The molecule has 43 heavy (non-hydrogen) atoms. The molecular weight excluding hydrogens is 612 g/mol. The molecule has 1 aliphatic rings. The molecule has 2 heterocycles. The van der Waals surface area contributed by atoms with Crippen molar-refractivity contribution in [3.63, 3.8) is 0 Å².